The Kier molecular flexibility index (Phi) is 5.21. The fourth-order valence-electron chi connectivity index (χ4n) is 3.57. The molecule has 0 aliphatic carbocycles. The summed E-state index contributed by atoms with van der Waals surface area (Å²) in [7, 11) is 0. The quantitative estimate of drug-likeness (QED) is 0.675. The van der Waals surface area contributed by atoms with Crippen molar-refractivity contribution in [3.8, 4) is 11.5 Å². The number of aromatic nitrogens is 1. The minimum Gasteiger partial charge on any atom is -0.454 e. The first-order valence-corrected chi connectivity index (χ1v) is 9.70. The smallest absolute Gasteiger partial charge is 0.259 e. The highest BCUT2D eigenvalue weighted by Crippen LogP contribution is 2.35. The van der Waals surface area contributed by atoms with Crippen LogP contribution in [0.2, 0.25) is 0 Å². The number of likely N-dealkylation sites (N-methyl/N-ethyl adjacent to an activating group) is 1. The van der Waals surface area contributed by atoms with E-state index in [1.807, 2.05) is 12.1 Å². The molecule has 1 aromatic heterocycles. The van der Waals surface area contributed by atoms with Gasteiger partial charge in [-0.05, 0) is 49.5 Å². The third kappa shape index (κ3) is 3.55. The predicted octanol–water partition coefficient (Wildman–Crippen LogP) is 3.96. The van der Waals surface area contributed by atoms with Gasteiger partial charge in [-0.1, -0.05) is 19.9 Å². The third-order valence-corrected chi connectivity index (χ3v) is 5.22. The highest BCUT2D eigenvalue weighted by atomic mass is 16.7. The van der Waals surface area contributed by atoms with Crippen LogP contribution in [-0.4, -0.2) is 41.8 Å². The summed E-state index contributed by atoms with van der Waals surface area (Å²) in [5, 5.41) is 4.07. The number of carbonyl (C=O) groups excluding carboxylic acids is 1. The largest absolute Gasteiger partial charge is 0.454 e. The zero-order valence-corrected chi connectivity index (χ0v) is 16.3. The van der Waals surface area contributed by atoms with E-state index in [-0.39, 0.29) is 12.7 Å². The number of amides is 1. The van der Waals surface area contributed by atoms with Crippen molar-refractivity contribution in [1.82, 2.24) is 9.47 Å². The van der Waals surface area contributed by atoms with E-state index in [2.05, 4.69) is 47.0 Å². The lowest BCUT2D eigenvalue weighted by Gasteiger charge is -2.18. The predicted molar refractivity (Wildman–Crippen MR) is 110 cm³/mol. The van der Waals surface area contributed by atoms with Gasteiger partial charge in [0, 0.05) is 35.9 Å². The van der Waals surface area contributed by atoms with E-state index in [9.17, 15) is 4.79 Å². The summed E-state index contributed by atoms with van der Waals surface area (Å²) in [6.45, 7) is 8.61. The lowest BCUT2D eigenvalue weighted by atomic mass is 10.1. The van der Waals surface area contributed by atoms with Crippen LogP contribution in [0.1, 0.15) is 24.2 Å². The topological polar surface area (TPSA) is 55.7 Å². The van der Waals surface area contributed by atoms with Gasteiger partial charge in [-0.3, -0.25) is 4.79 Å². The molecule has 4 rings (SSSR count). The van der Waals surface area contributed by atoms with E-state index in [1.165, 1.54) is 5.52 Å². The van der Waals surface area contributed by atoms with E-state index >= 15 is 0 Å². The fraction of sp³-hybridized carbons (Fsp3) is 0.318. The minimum atomic E-state index is -0.206. The molecule has 28 heavy (non-hydrogen) atoms. The first-order chi connectivity index (χ1) is 13.7. The van der Waals surface area contributed by atoms with Gasteiger partial charge < -0.3 is 24.3 Å². The second kappa shape index (κ2) is 7.94. The number of hydrogen-bond donors (Lipinski definition) is 1. The molecule has 146 valence electrons. The van der Waals surface area contributed by atoms with Crippen LogP contribution in [0.25, 0.3) is 10.9 Å². The van der Waals surface area contributed by atoms with Gasteiger partial charge in [0.1, 0.15) is 0 Å². The molecule has 0 bridgehead atoms. The van der Waals surface area contributed by atoms with Crippen molar-refractivity contribution in [1.29, 1.82) is 0 Å². The van der Waals surface area contributed by atoms with Crippen LogP contribution in [0.3, 0.4) is 0 Å². The molecule has 6 nitrogen and oxygen atoms in total. The molecule has 0 spiro atoms. The zero-order chi connectivity index (χ0) is 19.5. The number of nitrogens with one attached hydrogen (secondary N) is 1. The highest BCUT2D eigenvalue weighted by Gasteiger charge is 2.21. The molecule has 1 aliphatic rings. The number of benzene rings is 2. The van der Waals surface area contributed by atoms with Gasteiger partial charge >= 0.3 is 0 Å². The van der Waals surface area contributed by atoms with Crippen LogP contribution < -0.4 is 14.8 Å². The first-order valence-electron chi connectivity index (χ1n) is 9.70. The van der Waals surface area contributed by atoms with Crippen molar-refractivity contribution in [2.24, 2.45) is 0 Å². The molecule has 0 unspecified atom stereocenters. The standard InChI is InChI=1S/C22H25N3O3/c1-3-24(4-2)12-13-25-11-10-16-14-17(8-9-19(16)25)23-22(26)18-6-5-7-20-21(18)28-15-27-20/h5-11,14H,3-4,12-13,15H2,1-2H3,(H,23,26). The summed E-state index contributed by atoms with van der Waals surface area (Å²) in [6.07, 6.45) is 2.11. The maximum absolute atomic E-state index is 12.7. The monoisotopic (exact) mass is 379 g/mol. The van der Waals surface area contributed by atoms with Crippen molar-refractivity contribution in [2.75, 3.05) is 31.7 Å². The van der Waals surface area contributed by atoms with Crippen LogP contribution in [0.15, 0.2) is 48.7 Å². The average Bonchev–Trinajstić information content (AvgIpc) is 3.35. The lowest BCUT2D eigenvalue weighted by molar-refractivity contribution is 0.102. The molecule has 1 amide bonds. The average molecular weight is 379 g/mol. The van der Waals surface area contributed by atoms with Gasteiger partial charge in [0.2, 0.25) is 6.79 Å². The molecule has 6 heteroatoms. The normalized spacial score (nSPS) is 12.7. The summed E-state index contributed by atoms with van der Waals surface area (Å²) in [6, 6.07) is 13.4. The molecule has 1 aliphatic heterocycles. The molecule has 0 saturated carbocycles. The number of carbonyl (C=O) groups is 1. The van der Waals surface area contributed by atoms with Crippen molar-refractivity contribution in [3.63, 3.8) is 0 Å². The lowest BCUT2D eigenvalue weighted by Crippen LogP contribution is -2.26. The van der Waals surface area contributed by atoms with Gasteiger partial charge in [0.15, 0.2) is 11.5 Å². The molecule has 1 N–H and O–H groups in total. The first kappa shape index (κ1) is 18.4. The molecule has 0 fully saturated rings. The second-order valence-corrected chi connectivity index (χ2v) is 6.80. The highest BCUT2D eigenvalue weighted by molar-refractivity contribution is 6.07. The summed E-state index contributed by atoms with van der Waals surface area (Å²) >= 11 is 0. The van der Waals surface area contributed by atoms with Crippen molar-refractivity contribution in [3.05, 3.63) is 54.2 Å². The Bertz CT molecular complexity index is 992. The van der Waals surface area contributed by atoms with Crippen LogP contribution in [0.5, 0.6) is 11.5 Å². The number of para-hydroxylation sites is 1. The minimum absolute atomic E-state index is 0.145. The number of rotatable bonds is 7. The maximum Gasteiger partial charge on any atom is 0.259 e. The number of fused-ring (bicyclic) bond motifs is 2. The molecular weight excluding hydrogens is 354 g/mol. The second-order valence-electron chi connectivity index (χ2n) is 6.80. The van der Waals surface area contributed by atoms with Crippen LogP contribution in [0, 0.1) is 0 Å². The third-order valence-electron chi connectivity index (χ3n) is 5.22. The number of ether oxygens (including phenoxy) is 2. The Labute approximate surface area is 164 Å². The molecule has 2 heterocycles. The maximum atomic E-state index is 12.7. The van der Waals surface area contributed by atoms with E-state index < -0.39 is 0 Å². The summed E-state index contributed by atoms with van der Waals surface area (Å²) in [5.74, 6) is 0.902. The Morgan fingerprint density at radius 3 is 2.82 bits per heavy atom. The van der Waals surface area contributed by atoms with E-state index in [0.29, 0.717) is 17.1 Å². The summed E-state index contributed by atoms with van der Waals surface area (Å²) in [5.41, 5.74) is 2.41. The Balaban J connectivity index is 1.50. The fourth-order valence-corrected chi connectivity index (χ4v) is 3.57. The van der Waals surface area contributed by atoms with Crippen LogP contribution in [0.4, 0.5) is 5.69 Å². The SMILES string of the molecule is CCN(CC)CCn1ccc2cc(NC(=O)c3cccc4c3OCO4)ccc21. The number of anilines is 1. The van der Waals surface area contributed by atoms with E-state index in [4.69, 9.17) is 9.47 Å². The molecular formula is C22H25N3O3. The van der Waals surface area contributed by atoms with Crippen LogP contribution in [-0.2, 0) is 6.54 Å². The zero-order valence-electron chi connectivity index (χ0n) is 16.3. The van der Waals surface area contributed by atoms with Gasteiger partial charge in [-0.25, -0.2) is 0 Å². The van der Waals surface area contributed by atoms with Crippen molar-refractivity contribution in [2.45, 2.75) is 20.4 Å². The molecule has 0 saturated heterocycles. The Morgan fingerprint density at radius 1 is 1.14 bits per heavy atom. The van der Waals surface area contributed by atoms with E-state index in [1.54, 1.807) is 18.2 Å². The molecule has 0 atom stereocenters. The summed E-state index contributed by atoms with van der Waals surface area (Å²) < 4.78 is 13.0. The number of nitrogens with zero attached hydrogens (tertiary/aromatic N) is 2. The summed E-state index contributed by atoms with van der Waals surface area (Å²) in [4.78, 5) is 15.1. The van der Waals surface area contributed by atoms with Crippen molar-refractivity contribution >= 4 is 22.5 Å². The van der Waals surface area contributed by atoms with Gasteiger partial charge in [-0.2, -0.15) is 0 Å². The Morgan fingerprint density at radius 2 is 2.00 bits per heavy atom. The molecule has 2 aromatic carbocycles. The molecule has 3 aromatic rings. The number of hydrogen-bond acceptors (Lipinski definition) is 4. The van der Waals surface area contributed by atoms with Crippen LogP contribution >= 0.6 is 0 Å². The van der Waals surface area contributed by atoms with Gasteiger partial charge in [-0.15, -0.1) is 0 Å². The molecule has 0 radical (unpaired) electrons. The van der Waals surface area contributed by atoms with Crippen molar-refractivity contribution < 1.29 is 14.3 Å². The Hall–Kier alpha value is -2.99. The van der Waals surface area contributed by atoms with Gasteiger partial charge in [0.25, 0.3) is 5.91 Å². The van der Waals surface area contributed by atoms with E-state index in [0.717, 1.165) is 37.3 Å². The van der Waals surface area contributed by atoms with Gasteiger partial charge in [0.05, 0.1) is 5.56 Å².